The van der Waals surface area contributed by atoms with Crippen molar-refractivity contribution in [3.05, 3.63) is 62.9 Å². The Hall–Kier alpha value is -2.40. The van der Waals surface area contributed by atoms with Crippen molar-refractivity contribution in [1.82, 2.24) is 19.6 Å². The second-order valence-electron chi connectivity index (χ2n) is 6.43. The number of carbonyl (C=O) groups excluding carboxylic acids is 1. The van der Waals surface area contributed by atoms with Gasteiger partial charge in [0.2, 0.25) is 5.91 Å². The van der Waals surface area contributed by atoms with Gasteiger partial charge in [-0.1, -0.05) is 17.7 Å². The molecule has 3 rings (SSSR count). The Morgan fingerprint density at radius 3 is 2.70 bits per heavy atom. The van der Waals surface area contributed by atoms with Crippen molar-refractivity contribution in [2.45, 2.75) is 32.6 Å². The predicted octanol–water partition coefficient (Wildman–Crippen LogP) is 5.04. The van der Waals surface area contributed by atoms with Gasteiger partial charge in [-0.05, 0) is 40.5 Å². The molecule has 0 radical (unpaired) electrons. The van der Waals surface area contributed by atoms with Crippen molar-refractivity contribution in [2.75, 3.05) is 5.32 Å². The Morgan fingerprint density at radius 2 is 2.07 bits per heavy atom. The molecule has 0 aliphatic carbocycles. The van der Waals surface area contributed by atoms with E-state index in [9.17, 15) is 22.4 Å². The fourth-order valence-corrected chi connectivity index (χ4v) is 3.43. The van der Waals surface area contributed by atoms with Gasteiger partial charge in [0.1, 0.15) is 5.82 Å². The van der Waals surface area contributed by atoms with Crippen molar-refractivity contribution >= 4 is 39.1 Å². The molecule has 2 heterocycles. The number of carbonyl (C=O) groups is 1. The molecule has 1 amide bonds. The smallest absolute Gasteiger partial charge is 0.323 e. The molecule has 2 aromatic heterocycles. The number of halogens is 6. The molecule has 160 valence electrons. The normalized spacial score (nSPS) is 11.7. The topological polar surface area (TPSA) is 64.7 Å². The van der Waals surface area contributed by atoms with Crippen molar-refractivity contribution in [1.29, 1.82) is 0 Å². The lowest BCUT2D eigenvalue weighted by Gasteiger charge is -2.06. The highest BCUT2D eigenvalue weighted by Crippen LogP contribution is 2.35. The Bertz CT molecular complexity index is 1080. The largest absolute Gasteiger partial charge is 0.436 e. The number of aromatic nitrogens is 4. The summed E-state index contributed by atoms with van der Waals surface area (Å²) in [6.07, 6.45) is -1.68. The quantitative estimate of drug-likeness (QED) is 0.475. The van der Waals surface area contributed by atoms with E-state index in [-0.39, 0.29) is 34.7 Å². The Labute approximate surface area is 181 Å². The van der Waals surface area contributed by atoms with Crippen LogP contribution in [0.4, 0.5) is 23.2 Å². The highest BCUT2D eigenvalue weighted by atomic mass is 79.9. The average Bonchev–Trinajstić information content (AvgIpc) is 3.20. The maximum Gasteiger partial charge on any atom is 0.436 e. The van der Waals surface area contributed by atoms with Crippen molar-refractivity contribution in [3.63, 3.8) is 0 Å². The molecule has 6 nitrogen and oxygen atoms in total. The zero-order valence-electron chi connectivity index (χ0n) is 15.5. The molecule has 0 unspecified atom stereocenters. The second kappa shape index (κ2) is 8.76. The number of benzene rings is 1. The number of anilines is 1. The summed E-state index contributed by atoms with van der Waals surface area (Å²) in [6, 6.07) is 4.02. The van der Waals surface area contributed by atoms with Gasteiger partial charge < -0.3 is 5.32 Å². The Balaban J connectivity index is 1.59. The SMILES string of the molecule is Cc1c(Br)c(C(F)(F)F)nn1CCC(=O)Nc1cnn(Cc2ccc(F)cc2Cl)c1. The van der Waals surface area contributed by atoms with E-state index in [1.807, 2.05) is 0 Å². The van der Waals surface area contributed by atoms with Crippen LogP contribution in [0.2, 0.25) is 5.02 Å². The van der Waals surface area contributed by atoms with Crippen LogP contribution in [-0.2, 0) is 24.1 Å². The van der Waals surface area contributed by atoms with Gasteiger partial charge in [-0.2, -0.15) is 23.4 Å². The van der Waals surface area contributed by atoms with Crippen LogP contribution in [0, 0.1) is 12.7 Å². The van der Waals surface area contributed by atoms with E-state index in [1.54, 1.807) is 6.20 Å². The summed E-state index contributed by atoms with van der Waals surface area (Å²) in [5, 5.41) is 10.5. The maximum absolute atomic E-state index is 13.1. The van der Waals surface area contributed by atoms with Gasteiger partial charge in [0.25, 0.3) is 0 Å². The fourth-order valence-electron chi connectivity index (χ4n) is 2.69. The van der Waals surface area contributed by atoms with Gasteiger partial charge in [0, 0.05) is 17.6 Å². The molecule has 1 aromatic carbocycles. The van der Waals surface area contributed by atoms with Crippen LogP contribution < -0.4 is 5.32 Å². The van der Waals surface area contributed by atoms with E-state index >= 15 is 0 Å². The third-order valence-corrected chi connectivity index (χ3v) is 5.52. The Morgan fingerprint density at radius 1 is 1.33 bits per heavy atom. The summed E-state index contributed by atoms with van der Waals surface area (Å²) in [4.78, 5) is 12.2. The number of nitrogens with one attached hydrogen (secondary N) is 1. The van der Waals surface area contributed by atoms with Gasteiger partial charge in [-0.3, -0.25) is 14.2 Å². The molecule has 0 saturated carbocycles. The molecule has 30 heavy (non-hydrogen) atoms. The van der Waals surface area contributed by atoms with Crippen LogP contribution in [0.5, 0.6) is 0 Å². The molecule has 1 N–H and O–H groups in total. The van der Waals surface area contributed by atoms with Crippen LogP contribution >= 0.6 is 27.5 Å². The van der Waals surface area contributed by atoms with Gasteiger partial charge in [-0.15, -0.1) is 0 Å². The molecule has 0 atom stereocenters. The van der Waals surface area contributed by atoms with Crippen molar-refractivity contribution in [3.8, 4) is 0 Å². The number of aryl methyl sites for hydroxylation is 1. The maximum atomic E-state index is 13.1. The van der Waals surface area contributed by atoms with Crippen molar-refractivity contribution in [2.24, 2.45) is 0 Å². The third kappa shape index (κ3) is 5.20. The summed E-state index contributed by atoms with van der Waals surface area (Å²) in [6.45, 7) is 1.73. The van der Waals surface area contributed by atoms with Crippen LogP contribution in [-0.4, -0.2) is 25.5 Å². The summed E-state index contributed by atoms with van der Waals surface area (Å²) in [5.41, 5.74) is 0.312. The first-order chi connectivity index (χ1) is 14.0. The van der Waals surface area contributed by atoms with Crippen LogP contribution in [0.25, 0.3) is 0 Å². The summed E-state index contributed by atoms with van der Waals surface area (Å²) < 4.78 is 54.4. The number of amides is 1. The molecule has 0 aliphatic heterocycles. The van der Waals surface area contributed by atoms with Crippen LogP contribution in [0.15, 0.2) is 35.1 Å². The number of alkyl halides is 3. The minimum absolute atomic E-state index is 0.0222. The third-order valence-electron chi connectivity index (χ3n) is 4.22. The first-order valence-electron chi connectivity index (χ1n) is 8.61. The molecule has 3 aromatic rings. The zero-order valence-corrected chi connectivity index (χ0v) is 17.8. The minimum atomic E-state index is -4.58. The van der Waals surface area contributed by atoms with E-state index in [1.165, 1.54) is 36.0 Å². The number of hydrogen-bond donors (Lipinski definition) is 1. The van der Waals surface area contributed by atoms with Gasteiger partial charge in [0.05, 0.1) is 35.1 Å². The second-order valence-corrected chi connectivity index (χ2v) is 7.63. The first-order valence-corrected chi connectivity index (χ1v) is 9.78. The molecule has 0 saturated heterocycles. The van der Waals surface area contributed by atoms with E-state index in [0.717, 1.165) is 4.68 Å². The molecule has 12 heteroatoms. The lowest BCUT2D eigenvalue weighted by molar-refractivity contribution is -0.142. The summed E-state index contributed by atoms with van der Waals surface area (Å²) >= 11 is 8.88. The van der Waals surface area contributed by atoms with E-state index in [0.29, 0.717) is 11.3 Å². The van der Waals surface area contributed by atoms with E-state index < -0.39 is 23.6 Å². The average molecular weight is 509 g/mol. The fraction of sp³-hybridized carbons (Fsp3) is 0.278. The van der Waals surface area contributed by atoms with Gasteiger partial charge in [-0.25, -0.2) is 4.39 Å². The molecule has 0 fully saturated rings. The van der Waals surface area contributed by atoms with E-state index in [4.69, 9.17) is 11.6 Å². The van der Waals surface area contributed by atoms with Crippen LogP contribution in [0.1, 0.15) is 23.4 Å². The number of rotatable bonds is 6. The Kier molecular flexibility index (Phi) is 6.51. The first kappa shape index (κ1) is 22.3. The van der Waals surface area contributed by atoms with Crippen LogP contribution in [0.3, 0.4) is 0 Å². The van der Waals surface area contributed by atoms with Gasteiger partial charge >= 0.3 is 6.18 Å². The summed E-state index contributed by atoms with van der Waals surface area (Å²) in [7, 11) is 0. The van der Waals surface area contributed by atoms with Crippen molar-refractivity contribution < 1.29 is 22.4 Å². The monoisotopic (exact) mass is 507 g/mol. The molecular weight excluding hydrogens is 494 g/mol. The minimum Gasteiger partial charge on any atom is -0.323 e. The van der Waals surface area contributed by atoms with Gasteiger partial charge in [0.15, 0.2) is 5.69 Å². The zero-order chi connectivity index (χ0) is 22.1. The van der Waals surface area contributed by atoms with E-state index in [2.05, 4.69) is 31.4 Å². The molecule has 0 spiro atoms. The summed E-state index contributed by atoms with van der Waals surface area (Å²) in [5.74, 6) is -0.854. The molecular formula is C18H15BrClF4N5O. The lowest BCUT2D eigenvalue weighted by atomic mass is 10.2. The molecule has 0 bridgehead atoms. The number of hydrogen-bond acceptors (Lipinski definition) is 3. The predicted molar refractivity (Wildman–Crippen MR) is 106 cm³/mol. The highest BCUT2D eigenvalue weighted by molar-refractivity contribution is 9.10. The standard InChI is InChI=1S/C18H15BrClF4N5O/c1-10-16(19)17(18(22,23)24)27-29(10)5-4-15(30)26-13-7-25-28(9-13)8-11-2-3-12(21)6-14(11)20/h2-3,6-7,9H,4-5,8H2,1H3,(H,26,30). The number of nitrogens with zero attached hydrogens (tertiary/aromatic N) is 4. The lowest BCUT2D eigenvalue weighted by Crippen LogP contribution is -2.16. The highest BCUT2D eigenvalue weighted by Gasteiger charge is 2.37. The molecule has 0 aliphatic rings.